The molecule has 5 aromatic carbocycles. The van der Waals surface area contributed by atoms with Crippen LogP contribution in [0.25, 0.3) is 54.8 Å². The molecule has 0 aliphatic rings. The third kappa shape index (κ3) is 2.96. The zero-order valence-electron chi connectivity index (χ0n) is 17.2. The molecule has 2 heteroatoms. The van der Waals surface area contributed by atoms with Crippen LogP contribution in [0.2, 0.25) is 0 Å². The molecule has 2 nitrogen and oxygen atoms in total. The number of fused-ring (bicyclic) bond motifs is 4. The van der Waals surface area contributed by atoms with Crippen molar-refractivity contribution in [1.29, 1.82) is 0 Å². The minimum absolute atomic E-state index is 0.782. The summed E-state index contributed by atoms with van der Waals surface area (Å²) in [5.74, 6) is 0.782. The van der Waals surface area contributed by atoms with E-state index < -0.39 is 0 Å². The average molecular weight is 396 g/mol. The fraction of sp³-hybridized carbons (Fsp3) is 0.0345. The molecule has 0 aliphatic carbocycles. The van der Waals surface area contributed by atoms with E-state index in [0.717, 1.165) is 28.0 Å². The predicted octanol–water partition coefficient (Wildman–Crippen LogP) is 7.58. The van der Waals surface area contributed by atoms with Gasteiger partial charge in [0, 0.05) is 10.9 Å². The van der Waals surface area contributed by atoms with Gasteiger partial charge in [0.15, 0.2) is 0 Å². The summed E-state index contributed by atoms with van der Waals surface area (Å²) in [6.07, 6.45) is 0. The van der Waals surface area contributed by atoms with Crippen LogP contribution in [-0.4, -0.2) is 9.97 Å². The Bertz CT molecular complexity index is 1580. The molecule has 0 unspecified atom stereocenters. The van der Waals surface area contributed by atoms with Gasteiger partial charge in [0.2, 0.25) is 0 Å². The predicted molar refractivity (Wildman–Crippen MR) is 130 cm³/mol. The minimum Gasteiger partial charge on any atom is -0.233 e. The highest BCUT2D eigenvalue weighted by molar-refractivity contribution is 6.15. The van der Waals surface area contributed by atoms with E-state index >= 15 is 0 Å². The Morgan fingerprint density at radius 2 is 1.23 bits per heavy atom. The number of rotatable bonds is 2. The molecule has 0 N–H and O–H groups in total. The highest BCUT2D eigenvalue weighted by atomic mass is 14.9. The smallest absolute Gasteiger partial charge is 0.126 e. The molecular formula is C29H20N2. The van der Waals surface area contributed by atoms with Crippen LogP contribution in [0.1, 0.15) is 5.82 Å². The second-order valence-electron chi connectivity index (χ2n) is 7.91. The van der Waals surface area contributed by atoms with Gasteiger partial charge in [0.1, 0.15) is 5.82 Å². The molecule has 6 aromatic rings. The summed E-state index contributed by atoms with van der Waals surface area (Å²) in [4.78, 5) is 9.70. The van der Waals surface area contributed by atoms with Gasteiger partial charge >= 0.3 is 0 Å². The molecule has 31 heavy (non-hydrogen) atoms. The Kier molecular flexibility index (Phi) is 4.03. The van der Waals surface area contributed by atoms with Gasteiger partial charge in [-0.25, -0.2) is 9.97 Å². The highest BCUT2D eigenvalue weighted by Crippen LogP contribution is 2.37. The first kappa shape index (κ1) is 17.8. The number of hydrogen-bond acceptors (Lipinski definition) is 2. The van der Waals surface area contributed by atoms with Gasteiger partial charge in [0.25, 0.3) is 0 Å². The van der Waals surface area contributed by atoms with Crippen LogP contribution in [0.15, 0.2) is 103 Å². The Hall–Kier alpha value is -4.04. The molecule has 0 bridgehead atoms. The third-order valence-corrected chi connectivity index (χ3v) is 5.94. The quantitative estimate of drug-likeness (QED) is 0.282. The average Bonchev–Trinajstić information content (AvgIpc) is 2.83. The normalized spacial score (nSPS) is 11.4. The number of aryl methyl sites for hydroxylation is 1. The lowest BCUT2D eigenvalue weighted by Gasteiger charge is -2.13. The lowest BCUT2D eigenvalue weighted by atomic mass is 9.93. The number of benzene rings is 5. The standard InChI is InChI=1S/C29H20N2/c1-19-30-28-18-21(20-9-3-2-4-10-20)15-16-26(28)29(31-19)27-17-22-11-5-6-12-23(22)24-13-7-8-14-25(24)27/h2-18H,1H3. The maximum absolute atomic E-state index is 4.92. The van der Waals surface area contributed by atoms with Crippen molar-refractivity contribution >= 4 is 32.4 Å². The van der Waals surface area contributed by atoms with Gasteiger partial charge in [-0.05, 0) is 57.8 Å². The van der Waals surface area contributed by atoms with Crippen molar-refractivity contribution in [2.75, 3.05) is 0 Å². The fourth-order valence-corrected chi connectivity index (χ4v) is 4.51. The van der Waals surface area contributed by atoms with Crippen LogP contribution in [0.5, 0.6) is 0 Å². The second kappa shape index (κ2) is 7.03. The number of hydrogen-bond donors (Lipinski definition) is 0. The summed E-state index contributed by atoms with van der Waals surface area (Å²) < 4.78 is 0. The zero-order valence-corrected chi connectivity index (χ0v) is 17.2. The largest absolute Gasteiger partial charge is 0.233 e. The van der Waals surface area contributed by atoms with Crippen molar-refractivity contribution in [3.63, 3.8) is 0 Å². The van der Waals surface area contributed by atoms with E-state index in [1.807, 2.05) is 13.0 Å². The van der Waals surface area contributed by atoms with E-state index in [1.54, 1.807) is 0 Å². The number of aromatic nitrogens is 2. The molecule has 0 saturated heterocycles. The van der Waals surface area contributed by atoms with Crippen molar-refractivity contribution in [3.05, 3.63) is 109 Å². The van der Waals surface area contributed by atoms with E-state index in [2.05, 4.69) is 97.1 Å². The summed E-state index contributed by atoms with van der Waals surface area (Å²) in [5.41, 5.74) is 5.47. The first-order valence-corrected chi connectivity index (χ1v) is 10.5. The van der Waals surface area contributed by atoms with Crippen LogP contribution in [0.3, 0.4) is 0 Å². The van der Waals surface area contributed by atoms with Gasteiger partial charge in [0.05, 0.1) is 11.2 Å². The van der Waals surface area contributed by atoms with Gasteiger partial charge in [-0.2, -0.15) is 0 Å². The maximum atomic E-state index is 4.92. The van der Waals surface area contributed by atoms with Crippen molar-refractivity contribution in [2.45, 2.75) is 6.92 Å². The van der Waals surface area contributed by atoms with Gasteiger partial charge in [-0.1, -0.05) is 84.9 Å². The molecule has 0 atom stereocenters. The molecule has 1 heterocycles. The van der Waals surface area contributed by atoms with E-state index in [-0.39, 0.29) is 0 Å². The van der Waals surface area contributed by atoms with Crippen LogP contribution in [0.4, 0.5) is 0 Å². The summed E-state index contributed by atoms with van der Waals surface area (Å²) >= 11 is 0. The first-order chi connectivity index (χ1) is 15.3. The molecule has 0 fully saturated rings. The SMILES string of the molecule is Cc1nc(-c2cc3ccccc3c3ccccc23)c2ccc(-c3ccccc3)cc2n1. The number of nitrogens with zero attached hydrogens (tertiary/aromatic N) is 2. The second-order valence-corrected chi connectivity index (χ2v) is 7.91. The van der Waals surface area contributed by atoms with Crippen molar-refractivity contribution in [2.24, 2.45) is 0 Å². The third-order valence-electron chi connectivity index (χ3n) is 5.94. The Morgan fingerprint density at radius 3 is 2.06 bits per heavy atom. The Labute approximate surface area is 180 Å². The van der Waals surface area contributed by atoms with Crippen LogP contribution >= 0.6 is 0 Å². The maximum Gasteiger partial charge on any atom is 0.126 e. The molecule has 1 aromatic heterocycles. The summed E-state index contributed by atoms with van der Waals surface area (Å²) in [5, 5.41) is 6.03. The highest BCUT2D eigenvalue weighted by Gasteiger charge is 2.14. The van der Waals surface area contributed by atoms with Gasteiger partial charge in [-0.15, -0.1) is 0 Å². The van der Waals surface area contributed by atoms with Crippen molar-refractivity contribution in [1.82, 2.24) is 9.97 Å². The van der Waals surface area contributed by atoms with Gasteiger partial charge in [-0.3, -0.25) is 0 Å². The zero-order chi connectivity index (χ0) is 20.8. The minimum atomic E-state index is 0.782. The first-order valence-electron chi connectivity index (χ1n) is 10.5. The van der Waals surface area contributed by atoms with Gasteiger partial charge < -0.3 is 0 Å². The summed E-state index contributed by atoms with van der Waals surface area (Å²) in [7, 11) is 0. The van der Waals surface area contributed by atoms with E-state index in [4.69, 9.17) is 9.97 Å². The lowest BCUT2D eigenvalue weighted by Crippen LogP contribution is -1.95. The van der Waals surface area contributed by atoms with E-state index in [0.29, 0.717) is 0 Å². The van der Waals surface area contributed by atoms with Crippen LogP contribution < -0.4 is 0 Å². The summed E-state index contributed by atoms with van der Waals surface area (Å²) in [6, 6.07) is 36.4. The topological polar surface area (TPSA) is 25.8 Å². The molecule has 6 rings (SSSR count). The Morgan fingerprint density at radius 1 is 0.516 bits per heavy atom. The van der Waals surface area contributed by atoms with Crippen LogP contribution in [-0.2, 0) is 0 Å². The summed E-state index contributed by atoms with van der Waals surface area (Å²) in [6.45, 7) is 1.97. The molecule has 0 saturated carbocycles. The van der Waals surface area contributed by atoms with E-state index in [1.165, 1.54) is 32.7 Å². The molecule has 0 spiro atoms. The molecular weight excluding hydrogens is 376 g/mol. The monoisotopic (exact) mass is 396 g/mol. The van der Waals surface area contributed by atoms with Crippen molar-refractivity contribution in [3.8, 4) is 22.4 Å². The molecule has 0 amide bonds. The lowest BCUT2D eigenvalue weighted by molar-refractivity contribution is 1.10. The van der Waals surface area contributed by atoms with E-state index in [9.17, 15) is 0 Å². The van der Waals surface area contributed by atoms with Crippen molar-refractivity contribution < 1.29 is 0 Å². The molecule has 0 aliphatic heterocycles. The van der Waals surface area contributed by atoms with Crippen LogP contribution in [0, 0.1) is 6.92 Å². The molecule has 0 radical (unpaired) electrons. The molecule has 146 valence electrons. The Balaban J connectivity index is 1.67. The fourth-order valence-electron chi connectivity index (χ4n) is 4.51.